The number of hydrogen-bond acceptors (Lipinski definition) is 6. The van der Waals surface area contributed by atoms with E-state index in [0.717, 1.165) is 0 Å². The second-order valence-electron chi connectivity index (χ2n) is 3.58. The van der Waals surface area contributed by atoms with Gasteiger partial charge < -0.3 is 4.74 Å². The first kappa shape index (κ1) is 10.6. The van der Waals surface area contributed by atoms with Gasteiger partial charge in [-0.25, -0.2) is 9.67 Å². The minimum Gasteiger partial charge on any atom is -0.447 e. The minimum absolute atomic E-state index is 0.198. The van der Waals surface area contributed by atoms with Crippen molar-refractivity contribution in [1.29, 1.82) is 0 Å². The zero-order chi connectivity index (χ0) is 11.4. The lowest BCUT2D eigenvalue weighted by Crippen LogP contribution is -2.08. The maximum Gasteiger partial charge on any atom is 0.417 e. The first-order valence-electron chi connectivity index (χ1n) is 5.04. The molecule has 0 saturated heterocycles. The second-order valence-corrected chi connectivity index (χ2v) is 3.58. The summed E-state index contributed by atoms with van der Waals surface area (Å²) >= 11 is 0. The van der Waals surface area contributed by atoms with Crippen molar-refractivity contribution < 1.29 is 9.26 Å². The number of hydrogen-bond donors (Lipinski definition) is 0. The van der Waals surface area contributed by atoms with Crippen molar-refractivity contribution in [2.24, 2.45) is 0 Å². The SMILES string of the molecule is CC(C)c1noc(OCCn2cncn2)n1. The highest BCUT2D eigenvalue weighted by atomic mass is 16.6. The third-order valence-corrected chi connectivity index (χ3v) is 1.95. The molecule has 2 heterocycles. The molecule has 86 valence electrons. The van der Waals surface area contributed by atoms with Crippen LogP contribution in [-0.4, -0.2) is 31.5 Å². The molecule has 0 aromatic carbocycles. The van der Waals surface area contributed by atoms with Crippen molar-refractivity contribution in [3.8, 4) is 6.08 Å². The second kappa shape index (κ2) is 4.73. The smallest absolute Gasteiger partial charge is 0.417 e. The summed E-state index contributed by atoms with van der Waals surface area (Å²) in [6.45, 7) is 5.00. The fourth-order valence-electron chi connectivity index (χ4n) is 1.09. The van der Waals surface area contributed by atoms with Crippen LogP contribution in [0, 0.1) is 0 Å². The summed E-state index contributed by atoms with van der Waals surface area (Å²) in [7, 11) is 0. The van der Waals surface area contributed by atoms with Crippen LogP contribution < -0.4 is 4.74 Å². The van der Waals surface area contributed by atoms with Crippen LogP contribution in [0.25, 0.3) is 0 Å². The maximum absolute atomic E-state index is 5.28. The van der Waals surface area contributed by atoms with Crippen LogP contribution in [-0.2, 0) is 6.54 Å². The van der Waals surface area contributed by atoms with Crippen molar-refractivity contribution in [3.63, 3.8) is 0 Å². The highest BCUT2D eigenvalue weighted by molar-refractivity contribution is 4.94. The Morgan fingerprint density at radius 1 is 1.50 bits per heavy atom. The molecule has 0 atom stereocenters. The van der Waals surface area contributed by atoms with E-state index < -0.39 is 0 Å². The Morgan fingerprint density at radius 2 is 2.38 bits per heavy atom. The molecule has 0 spiro atoms. The van der Waals surface area contributed by atoms with Gasteiger partial charge in [-0.3, -0.25) is 4.52 Å². The van der Waals surface area contributed by atoms with E-state index in [4.69, 9.17) is 9.26 Å². The molecular formula is C9H13N5O2. The minimum atomic E-state index is 0.198. The third kappa shape index (κ3) is 2.56. The van der Waals surface area contributed by atoms with E-state index in [1.54, 1.807) is 11.0 Å². The molecule has 0 aliphatic carbocycles. The Balaban J connectivity index is 1.81. The Morgan fingerprint density at radius 3 is 3.00 bits per heavy atom. The van der Waals surface area contributed by atoms with Crippen molar-refractivity contribution in [2.45, 2.75) is 26.3 Å². The van der Waals surface area contributed by atoms with Crippen LogP contribution in [0.2, 0.25) is 0 Å². The topological polar surface area (TPSA) is 78.9 Å². The molecule has 0 amide bonds. The Bertz CT molecular complexity index is 423. The van der Waals surface area contributed by atoms with Crippen molar-refractivity contribution in [1.82, 2.24) is 24.9 Å². The van der Waals surface area contributed by atoms with Crippen LogP contribution in [0.3, 0.4) is 0 Å². The third-order valence-electron chi connectivity index (χ3n) is 1.95. The zero-order valence-electron chi connectivity index (χ0n) is 9.20. The molecule has 0 fully saturated rings. The summed E-state index contributed by atoms with van der Waals surface area (Å²) in [4.78, 5) is 7.90. The fraction of sp³-hybridized carbons (Fsp3) is 0.556. The van der Waals surface area contributed by atoms with Crippen molar-refractivity contribution >= 4 is 0 Å². The zero-order valence-corrected chi connectivity index (χ0v) is 9.20. The van der Waals surface area contributed by atoms with Gasteiger partial charge in [0.2, 0.25) is 0 Å². The molecule has 2 aromatic heterocycles. The highest BCUT2D eigenvalue weighted by Gasteiger charge is 2.09. The molecule has 0 saturated carbocycles. The van der Waals surface area contributed by atoms with Gasteiger partial charge in [0, 0.05) is 5.92 Å². The largest absolute Gasteiger partial charge is 0.447 e. The van der Waals surface area contributed by atoms with Crippen LogP contribution in [0.5, 0.6) is 6.08 Å². The van der Waals surface area contributed by atoms with Crippen molar-refractivity contribution in [2.75, 3.05) is 6.61 Å². The van der Waals surface area contributed by atoms with Gasteiger partial charge in [-0.05, 0) is 0 Å². The van der Waals surface area contributed by atoms with Gasteiger partial charge in [-0.2, -0.15) is 10.1 Å². The van der Waals surface area contributed by atoms with E-state index in [-0.39, 0.29) is 12.0 Å². The number of rotatable bonds is 5. The molecule has 0 N–H and O–H groups in total. The molecule has 2 rings (SSSR count). The first-order valence-corrected chi connectivity index (χ1v) is 5.04. The Hall–Kier alpha value is -1.92. The maximum atomic E-state index is 5.28. The molecule has 0 bridgehead atoms. The number of ether oxygens (including phenoxy) is 1. The van der Waals surface area contributed by atoms with E-state index in [1.807, 2.05) is 13.8 Å². The van der Waals surface area contributed by atoms with Gasteiger partial charge in [0.1, 0.15) is 19.3 Å². The molecule has 7 heteroatoms. The summed E-state index contributed by atoms with van der Waals surface area (Å²) in [6.07, 6.45) is 3.30. The molecule has 0 radical (unpaired) electrons. The van der Waals surface area contributed by atoms with Crippen LogP contribution in [0.4, 0.5) is 0 Å². The lowest BCUT2D eigenvalue weighted by Gasteiger charge is -1.99. The quantitative estimate of drug-likeness (QED) is 0.748. The Labute approximate surface area is 92.4 Å². The molecule has 2 aromatic rings. The molecule has 0 unspecified atom stereocenters. The van der Waals surface area contributed by atoms with Gasteiger partial charge in [0.05, 0.1) is 6.54 Å². The lowest BCUT2D eigenvalue weighted by atomic mass is 10.2. The number of aromatic nitrogens is 5. The Kier molecular flexibility index (Phi) is 3.13. The molecule has 0 aliphatic heterocycles. The monoisotopic (exact) mass is 223 g/mol. The van der Waals surface area contributed by atoms with Gasteiger partial charge in [0.25, 0.3) is 0 Å². The van der Waals surface area contributed by atoms with Gasteiger partial charge in [0.15, 0.2) is 5.82 Å². The lowest BCUT2D eigenvalue weighted by molar-refractivity contribution is 0.193. The summed E-state index contributed by atoms with van der Waals surface area (Å²) in [5.41, 5.74) is 0. The summed E-state index contributed by atoms with van der Waals surface area (Å²) in [5.74, 6) is 0.882. The first-order chi connectivity index (χ1) is 7.75. The normalized spacial score (nSPS) is 10.9. The van der Waals surface area contributed by atoms with Crippen LogP contribution in [0.15, 0.2) is 17.2 Å². The average Bonchev–Trinajstić information content (AvgIpc) is 2.87. The molecular weight excluding hydrogens is 210 g/mol. The predicted octanol–water partition coefficient (Wildman–Crippen LogP) is 0.863. The van der Waals surface area contributed by atoms with E-state index in [2.05, 4.69) is 20.2 Å². The fourth-order valence-corrected chi connectivity index (χ4v) is 1.09. The van der Waals surface area contributed by atoms with E-state index in [0.29, 0.717) is 19.0 Å². The van der Waals surface area contributed by atoms with E-state index >= 15 is 0 Å². The van der Waals surface area contributed by atoms with E-state index in [9.17, 15) is 0 Å². The molecule has 16 heavy (non-hydrogen) atoms. The highest BCUT2D eigenvalue weighted by Crippen LogP contribution is 2.13. The van der Waals surface area contributed by atoms with Gasteiger partial charge in [-0.1, -0.05) is 19.0 Å². The van der Waals surface area contributed by atoms with Crippen molar-refractivity contribution in [3.05, 3.63) is 18.5 Å². The van der Waals surface area contributed by atoms with Crippen LogP contribution >= 0.6 is 0 Å². The standard InChI is InChI=1S/C9H13N5O2/c1-7(2)8-12-9(16-13-8)15-4-3-14-6-10-5-11-14/h5-7H,3-4H2,1-2H3. The predicted molar refractivity (Wildman–Crippen MR) is 53.9 cm³/mol. The average molecular weight is 223 g/mol. The van der Waals surface area contributed by atoms with Gasteiger partial charge in [-0.15, -0.1) is 0 Å². The van der Waals surface area contributed by atoms with Crippen LogP contribution in [0.1, 0.15) is 25.6 Å². The number of nitrogens with zero attached hydrogens (tertiary/aromatic N) is 5. The van der Waals surface area contributed by atoms with Gasteiger partial charge >= 0.3 is 6.08 Å². The molecule has 0 aliphatic rings. The summed E-state index contributed by atoms with van der Waals surface area (Å²) in [5, 5.41) is 7.73. The van der Waals surface area contributed by atoms with E-state index in [1.165, 1.54) is 6.33 Å². The molecule has 7 nitrogen and oxygen atoms in total. The summed E-state index contributed by atoms with van der Waals surface area (Å²) in [6, 6.07) is 0. The summed E-state index contributed by atoms with van der Waals surface area (Å²) < 4.78 is 11.9.